The minimum Gasteiger partial charge on any atom is -0.389 e. The first kappa shape index (κ1) is 18.7. The van der Waals surface area contributed by atoms with Gasteiger partial charge < -0.3 is 14.7 Å². The Hall–Kier alpha value is -0.660. The zero-order valence-electron chi connectivity index (χ0n) is 14.2. The number of rotatable bonds is 6. The largest absolute Gasteiger partial charge is 0.389 e. The molecule has 134 valence electrons. The number of ether oxygens (including phenoxy) is 1. The molecule has 0 saturated carbocycles. The number of sulfone groups is 1. The summed E-state index contributed by atoms with van der Waals surface area (Å²) in [7, 11) is -3.20. The maximum atomic E-state index is 12.8. The van der Waals surface area contributed by atoms with Crippen molar-refractivity contribution in [3.63, 3.8) is 0 Å². The molecule has 2 heterocycles. The van der Waals surface area contributed by atoms with Crippen LogP contribution in [0.1, 0.15) is 52.4 Å². The number of carbonyl (C=O) groups excluding carboxylic acids is 1. The number of fused-ring (bicyclic) bond motifs is 1. The van der Waals surface area contributed by atoms with E-state index in [0.29, 0.717) is 25.9 Å². The third-order valence-electron chi connectivity index (χ3n) is 4.98. The third kappa shape index (κ3) is 4.25. The summed E-state index contributed by atoms with van der Waals surface area (Å²) in [6.45, 7) is 4.87. The zero-order valence-corrected chi connectivity index (χ0v) is 15.0. The first-order valence-corrected chi connectivity index (χ1v) is 10.4. The standard InChI is InChI=1S/C16H29NO5S/c1-3-6-16(19,7-4-2)11-15(18)17-8-10-23(20,21)14-12-22-9-5-13(14)17/h13-14,19H,3-12H2,1-2H3/t13-,14-/m1/s1. The van der Waals surface area contributed by atoms with Crippen LogP contribution in [-0.4, -0.2) is 66.7 Å². The molecule has 23 heavy (non-hydrogen) atoms. The summed E-state index contributed by atoms with van der Waals surface area (Å²) in [5.41, 5.74) is -0.975. The Bertz CT molecular complexity index is 513. The van der Waals surface area contributed by atoms with E-state index in [-0.39, 0.29) is 37.3 Å². The van der Waals surface area contributed by atoms with Crippen LogP contribution in [0.25, 0.3) is 0 Å². The second-order valence-corrected chi connectivity index (χ2v) is 9.16. The van der Waals surface area contributed by atoms with Crippen LogP contribution in [0.15, 0.2) is 0 Å². The van der Waals surface area contributed by atoms with Gasteiger partial charge in [0.2, 0.25) is 5.91 Å². The van der Waals surface area contributed by atoms with E-state index in [0.717, 1.165) is 12.8 Å². The minimum absolute atomic E-state index is 0.0107. The van der Waals surface area contributed by atoms with Gasteiger partial charge in [-0.1, -0.05) is 26.7 Å². The quantitative estimate of drug-likeness (QED) is 0.778. The van der Waals surface area contributed by atoms with Crippen LogP contribution < -0.4 is 0 Å². The smallest absolute Gasteiger partial charge is 0.225 e. The molecule has 1 amide bonds. The average Bonchev–Trinajstić information content (AvgIpc) is 2.47. The van der Waals surface area contributed by atoms with Crippen molar-refractivity contribution in [3.8, 4) is 0 Å². The highest BCUT2D eigenvalue weighted by Gasteiger charge is 2.46. The van der Waals surface area contributed by atoms with Gasteiger partial charge in [-0.15, -0.1) is 0 Å². The summed E-state index contributed by atoms with van der Waals surface area (Å²) in [6.07, 6.45) is 3.45. The van der Waals surface area contributed by atoms with Gasteiger partial charge >= 0.3 is 0 Å². The van der Waals surface area contributed by atoms with Gasteiger partial charge in [0, 0.05) is 13.2 Å². The van der Waals surface area contributed by atoms with E-state index in [1.54, 1.807) is 4.90 Å². The number of aliphatic hydroxyl groups is 1. The Labute approximate surface area is 139 Å². The van der Waals surface area contributed by atoms with Gasteiger partial charge in [0.25, 0.3) is 0 Å². The van der Waals surface area contributed by atoms with E-state index in [1.807, 2.05) is 13.8 Å². The van der Waals surface area contributed by atoms with Crippen molar-refractivity contribution in [2.45, 2.75) is 69.3 Å². The monoisotopic (exact) mass is 347 g/mol. The second-order valence-electron chi connectivity index (χ2n) is 6.82. The van der Waals surface area contributed by atoms with Gasteiger partial charge in [0.15, 0.2) is 9.84 Å². The fraction of sp³-hybridized carbons (Fsp3) is 0.938. The van der Waals surface area contributed by atoms with Crippen LogP contribution in [0, 0.1) is 0 Å². The lowest BCUT2D eigenvalue weighted by Crippen LogP contribution is -2.60. The molecule has 0 aromatic heterocycles. The van der Waals surface area contributed by atoms with Crippen molar-refractivity contribution in [1.82, 2.24) is 4.90 Å². The molecule has 2 aliphatic heterocycles. The molecule has 2 atom stereocenters. The van der Waals surface area contributed by atoms with Crippen LogP contribution in [0.2, 0.25) is 0 Å². The Kier molecular flexibility index (Phi) is 6.08. The molecule has 0 bridgehead atoms. The van der Waals surface area contributed by atoms with E-state index >= 15 is 0 Å². The van der Waals surface area contributed by atoms with E-state index < -0.39 is 20.7 Å². The normalized spacial score (nSPS) is 27.5. The Morgan fingerprint density at radius 3 is 2.57 bits per heavy atom. The van der Waals surface area contributed by atoms with E-state index in [9.17, 15) is 18.3 Å². The number of hydrogen-bond donors (Lipinski definition) is 1. The highest BCUT2D eigenvalue weighted by Crippen LogP contribution is 2.30. The predicted molar refractivity (Wildman–Crippen MR) is 87.9 cm³/mol. The molecule has 0 radical (unpaired) electrons. The molecule has 0 aromatic rings. The third-order valence-corrected chi connectivity index (χ3v) is 7.10. The Morgan fingerprint density at radius 2 is 1.96 bits per heavy atom. The van der Waals surface area contributed by atoms with Gasteiger partial charge in [-0.05, 0) is 19.3 Å². The average molecular weight is 347 g/mol. The van der Waals surface area contributed by atoms with Gasteiger partial charge in [0.1, 0.15) is 5.25 Å². The molecule has 2 saturated heterocycles. The second kappa shape index (κ2) is 7.49. The minimum atomic E-state index is -3.20. The van der Waals surface area contributed by atoms with Crippen molar-refractivity contribution in [2.75, 3.05) is 25.5 Å². The number of hydrogen-bond acceptors (Lipinski definition) is 5. The number of amides is 1. The van der Waals surface area contributed by atoms with Crippen molar-refractivity contribution in [1.29, 1.82) is 0 Å². The predicted octanol–water partition coefficient (Wildman–Crippen LogP) is 1.12. The summed E-state index contributed by atoms with van der Waals surface area (Å²) in [6, 6.07) is -0.303. The molecule has 0 spiro atoms. The molecule has 2 aliphatic rings. The summed E-state index contributed by atoms with van der Waals surface area (Å²) in [4.78, 5) is 14.4. The zero-order chi connectivity index (χ0) is 17.1. The lowest BCUT2D eigenvalue weighted by molar-refractivity contribution is -0.141. The Balaban J connectivity index is 2.12. The SMILES string of the molecule is CCCC(O)(CCC)CC(=O)N1CCS(=O)(=O)[C@@H]2COCC[C@H]21. The van der Waals surface area contributed by atoms with Crippen LogP contribution >= 0.6 is 0 Å². The van der Waals surface area contributed by atoms with Crippen LogP contribution in [0.5, 0.6) is 0 Å². The van der Waals surface area contributed by atoms with Gasteiger partial charge in [-0.2, -0.15) is 0 Å². The Morgan fingerprint density at radius 1 is 1.30 bits per heavy atom. The maximum absolute atomic E-state index is 12.8. The molecule has 1 N–H and O–H groups in total. The van der Waals surface area contributed by atoms with Crippen molar-refractivity contribution < 1.29 is 23.1 Å². The van der Waals surface area contributed by atoms with Crippen molar-refractivity contribution in [2.24, 2.45) is 0 Å². The lowest BCUT2D eigenvalue weighted by atomic mass is 9.88. The van der Waals surface area contributed by atoms with Gasteiger partial charge in [0.05, 0.1) is 30.4 Å². The first-order chi connectivity index (χ1) is 10.8. The summed E-state index contributed by atoms with van der Waals surface area (Å²) < 4.78 is 29.7. The number of nitrogens with zero attached hydrogens (tertiary/aromatic N) is 1. The van der Waals surface area contributed by atoms with Gasteiger partial charge in [-0.3, -0.25) is 4.79 Å². The molecular weight excluding hydrogens is 318 g/mol. The fourth-order valence-corrected chi connectivity index (χ4v) is 5.69. The molecule has 7 heteroatoms. The van der Waals surface area contributed by atoms with Crippen LogP contribution in [0.3, 0.4) is 0 Å². The fourth-order valence-electron chi connectivity index (χ4n) is 3.87. The highest BCUT2D eigenvalue weighted by atomic mass is 32.2. The van der Waals surface area contributed by atoms with E-state index in [1.165, 1.54) is 0 Å². The van der Waals surface area contributed by atoms with Crippen LogP contribution in [-0.2, 0) is 19.4 Å². The first-order valence-electron chi connectivity index (χ1n) is 8.64. The molecule has 0 aromatic carbocycles. The molecule has 0 unspecified atom stereocenters. The van der Waals surface area contributed by atoms with E-state index in [4.69, 9.17) is 4.74 Å². The van der Waals surface area contributed by atoms with E-state index in [2.05, 4.69) is 0 Å². The maximum Gasteiger partial charge on any atom is 0.225 e. The van der Waals surface area contributed by atoms with Crippen molar-refractivity contribution in [3.05, 3.63) is 0 Å². The lowest BCUT2D eigenvalue weighted by Gasteiger charge is -2.44. The summed E-state index contributed by atoms with van der Waals surface area (Å²) >= 11 is 0. The van der Waals surface area contributed by atoms with Crippen molar-refractivity contribution >= 4 is 15.7 Å². The number of carbonyl (C=O) groups is 1. The molecule has 2 rings (SSSR count). The summed E-state index contributed by atoms with van der Waals surface area (Å²) in [5.74, 6) is -0.135. The topological polar surface area (TPSA) is 83.9 Å². The molecule has 0 aliphatic carbocycles. The van der Waals surface area contributed by atoms with Crippen LogP contribution in [0.4, 0.5) is 0 Å². The molecule has 2 fully saturated rings. The highest BCUT2D eigenvalue weighted by molar-refractivity contribution is 7.92. The summed E-state index contributed by atoms with van der Waals surface area (Å²) in [5, 5.41) is 10.1. The molecule has 6 nitrogen and oxygen atoms in total. The molecular formula is C16H29NO5S. The van der Waals surface area contributed by atoms with Gasteiger partial charge in [-0.25, -0.2) is 8.42 Å².